The van der Waals surface area contributed by atoms with Gasteiger partial charge in [-0.3, -0.25) is 4.79 Å². The molecule has 1 aliphatic rings. The maximum atomic E-state index is 11.7. The summed E-state index contributed by atoms with van der Waals surface area (Å²) in [6.45, 7) is 5.29. The van der Waals surface area contributed by atoms with Crippen molar-refractivity contribution in [2.24, 2.45) is 11.1 Å². The lowest BCUT2D eigenvalue weighted by Gasteiger charge is -2.35. The number of primary amides is 1. The minimum absolute atomic E-state index is 0.256. The van der Waals surface area contributed by atoms with E-state index in [1.807, 2.05) is 24.3 Å². The molecule has 3 nitrogen and oxygen atoms in total. The predicted octanol–water partition coefficient (Wildman–Crippen LogP) is 3.58. The Labute approximate surface area is 135 Å². The molecule has 116 valence electrons. The van der Waals surface area contributed by atoms with E-state index in [2.05, 4.69) is 35.1 Å². The lowest BCUT2D eigenvalue weighted by molar-refractivity contribution is -0.119. The van der Waals surface area contributed by atoms with Gasteiger partial charge in [0.05, 0.1) is 5.92 Å². The molecule has 0 aliphatic heterocycles. The number of carbonyl (C=O) groups excluding carboxylic acids is 1. The molecule has 0 heterocycles. The number of rotatable bonds is 5. The van der Waals surface area contributed by atoms with E-state index in [-0.39, 0.29) is 11.8 Å². The molecule has 1 saturated carbocycles. The second-order valence-electron chi connectivity index (χ2n) is 6.85. The van der Waals surface area contributed by atoms with Crippen LogP contribution in [0.3, 0.4) is 0 Å². The summed E-state index contributed by atoms with van der Waals surface area (Å²) in [4.78, 5) is 11.7. The van der Waals surface area contributed by atoms with Gasteiger partial charge >= 0.3 is 0 Å². The van der Waals surface area contributed by atoms with Gasteiger partial charge in [0.25, 0.3) is 0 Å². The third-order valence-electron chi connectivity index (χ3n) is 4.57. The molecule has 0 spiro atoms. The minimum Gasteiger partial charge on any atom is -0.369 e. The van der Waals surface area contributed by atoms with Gasteiger partial charge in [0.2, 0.25) is 5.91 Å². The first-order valence-electron chi connectivity index (χ1n) is 7.65. The molecule has 3 N–H and O–H groups in total. The van der Waals surface area contributed by atoms with Crippen molar-refractivity contribution in [2.75, 3.05) is 6.54 Å². The van der Waals surface area contributed by atoms with Crippen LogP contribution in [0.2, 0.25) is 0 Å². The van der Waals surface area contributed by atoms with Crippen molar-refractivity contribution in [3.05, 3.63) is 34.3 Å². The van der Waals surface area contributed by atoms with Gasteiger partial charge in [-0.1, -0.05) is 41.9 Å². The Morgan fingerprint density at radius 2 is 1.90 bits per heavy atom. The first kappa shape index (κ1) is 16.5. The first-order chi connectivity index (χ1) is 9.87. The molecule has 0 radical (unpaired) electrons. The summed E-state index contributed by atoms with van der Waals surface area (Å²) in [5, 5.41) is 3.54. The third-order valence-corrected chi connectivity index (χ3v) is 5.09. The van der Waals surface area contributed by atoms with Gasteiger partial charge in [-0.25, -0.2) is 0 Å². The smallest absolute Gasteiger partial charge is 0.226 e. The average molecular weight is 353 g/mol. The summed E-state index contributed by atoms with van der Waals surface area (Å²) >= 11 is 3.41. The van der Waals surface area contributed by atoms with Crippen LogP contribution in [0.4, 0.5) is 0 Å². The summed E-state index contributed by atoms with van der Waals surface area (Å²) < 4.78 is 1.01. The number of amides is 1. The molecule has 1 aromatic rings. The molecule has 4 heteroatoms. The van der Waals surface area contributed by atoms with Gasteiger partial charge < -0.3 is 11.1 Å². The number of nitrogens with two attached hydrogens (primary N) is 1. The van der Waals surface area contributed by atoms with Crippen LogP contribution in [0, 0.1) is 5.41 Å². The van der Waals surface area contributed by atoms with Crippen molar-refractivity contribution in [3.63, 3.8) is 0 Å². The fraction of sp³-hybridized carbons (Fsp3) is 0.588. The Morgan fingerprint density at radius 1 is 1.33 bits per heavy atom. The van der Waals surface area contributed by atoms with Crippen molar-refractivity contribution in [1.29, 1.82) is 0 Å². The van der Waals surface area contributed by atoms with Gasteiger partial charge in [-0.05, 0) is 48.8 Å². The van der Waals surface area contributed by atoms with Crippen molar-refractivity contribution in [1.82, 2.24) is 5.32 Å². The molecule has 1 fully saturated rings. The first-order valence-corrected chi connectivity index (χ1v) is 8.45. The maximum absolute atomic E-state index is 11.7. The number of hydrogen-bond donors (Lipinski definition) is 2. The quantitative estimate of drug-likeness (QED) is 0.850. The summed E-state index contributed by atoms with van der Waals surface area (Å²) in [6, 6.07) is 8.34. The zero-order chi connectivity index (χ0) is 15.5. The third kappa shape index (κ3) is 4.82. The summed E-state index contributed by atoms with van der Waals surface area (Å²) in [5.74, 6) is -0.519. The Kier molecular flexibility index (Phi) is 5.44. The Bertz CT molecular complexity index is 474. The molecule has 1 aromatic carbocycles. The highest BCUT2D eigenvalue weighted by Gasteiger charge is 2.27. The van der Waals surface area contributed by atoms with Gasteiger partial charge in [0.1, 0.15) is 0 Å². The van der Waals surface area contributed by atoms with E-state index in [4.69, 9.17) is 5.73 Å². The summed E-state index contributed by atoms with van der Waals surface area (Å²) in [7, 11) is 0. The van der Waals surface area contributed by atoms with E-state index in [1.54, 1.807) is 0 Å². The normalized spacial score (nSPS) is 20.1. The molecule has 1 aliphatic carbocycles. The van der Waals surface area contributed by atoms with Crippen molar-refractivity contribution in [3.8, 4) is 0 Å². The second kappa shape index (κ2) is 6.93. The van der Waals surface area contributed by atoms with Crippen LogP contribution >= 0.6 is 15.9 Å². The second-order valence-corrected chi connectivity index (χ2v) is 7.77. The molecule has 0 saturated heterocycles. The molecule has 2 rings (SSSR count). The molecule has 0 bridgehead atoms. The van der Waals surface area contributed by atoms with Crippen LogP contribution in [0.15, 0.2) is 28.7 Å². The number of benzene rings is 1. The fourth-order valence-corrected chi connectivity index (χ4v) is 3.23. The molecule has 0 aromatic heterocycles. The number of carbonyl (C=O) groups is 1. The van der Waals surface area contributed by atoms with Crippen LogP contribution in [-0.2, 0) is 4.79 Å². The van der Waals surface area contributed by atoms with Crippen molar-refractivity contribution in [2.45, 2.75) is 51.5 Å². The van der Waals surface area contributed by atoms with Crippen LogP contribution in [0.5, 0.6) is 0 Å². The van der Waals surface area contributed by atoms with Crippen LogP contribution in [-0.4, -0.2) is 18.5 Å². The highest BCUT2D eigenvalue weighted by molar-refractivity contribution is 9.10. The Balaban J connectivity index is 1.92. The van der Waals surface area contributed by atoms with E-state index in [0.29, 0.717) is 18.0 Å². The summed E-state index contributed by atoms with van der Waals surface area (Å²) in [5.41, 5.74) is 7.02. The van der Waals surface area contributed by atoms with Gasteiger partial charge in [-0.15, -0.1) is 0 Å². The molecular weight excluding hydrogens is 328 g/mol. The van der Waals surface area contributed by atoms with Gasteiger partial charge in [-0.2, -0.15) is 0 Å². The molecule has 1 amide bonds. The number of nitrogens with one attached hydrogen (secondary N) is 1. The highest BCUT2D eigenvalue weighted by Crippen LogP contribution is 2.35. The number of halogens is 1. The fourth-order valence-electron chi connectivity index (χ4n) is 2.97. The monoisotopic (exact) mass is 352 g/mol. The number of hydrogen-bond acceptors (Lipinski definition) is 2. The lowest BCUT2D eigenvalue weighted by atomic mass is 9.75. The highest BCUT2D eigenvalue weighted by atomic mass is 79.9. The maximum Gasteiger partial charge on any atom is 0.226 e. The molecule has 1 atom stereocenters. The van der Waals surface area contributed by atoms with Gasteiger partial charge in [0.15, 0.2) is 0 Å². The largest absolute Gasteiger partial charge is 0.369 e. The van der Waals surface area contributed by atoms with Crippen LogP contribution < -0.4 is 11.1 Å². The van der Waals surface area contributed by atoms with E-state index in [9.17, 15) is 4.79 Å². The SMILES string of the molecule is CC1(C)CCC(NC[C@@H](C(N)=O)c2ccc(Br)cc2)CC1. The zero-order valence-electron chi connectivity index (χ0n) is 12.9. The average Bonchev–Trinajstić information content (AvgIpc) is 2.42. The van der Waals surface area contributed by atoms with E-state index < -0.39 is 0 Å². The summed E-state index contributed by atoms with van der Waals surface area (Å²) in [6.07, 6.45) is 4.84. The Hall–Kier alpha value is -0.870. The lowest BCUT2D eigenvalue weighted by Crippen LogP contribution is -2.40. The predicted molar refractivity (Wildman–Crippen MR) is 90.1 cm³/mol. The molecule has 21 heavy (non-hydrogen) atoms. The molecule has 0 unspecified atom stereocenters. The Morgan fingerprint density at radius 3 is 2.43 bits per heavy atom. The van der Waals surface area contributed by atoms with E-state index in [0.717, 1.165) is 10.0 Å². The van der Waals surface area contributed by atoms with E-state index in [1.165, 1.54) is 25.7 Å². The molecular formula is C17H25BrN2O. The minimum atomic E-state index is -0.263. The topological polar surface area (TPSA) is 55.1 Å². The van der Waals surface area contributed by atoms with Gasteiger partial charge in [0, 0.05) is 17.1 Å². The van der Waals surface area contributed by atoms with Crippen LogP contribution in [0.1, 0.15) is 51.0 Å². The standard InChI is InChI=1S/C17H25BrN2O/c1-17(2)9-7-14(8-10-17)20-11-15(16(19)21)12-3-5-13(18)6-4-12/h3-6,14-15,20H,7-11H2,1-2H3,(H2,19,21)/t15-/m1/s1. The van der Waals surface area contributed by atoms with Crippen LogP contribution in [0.25, 0.3) is 0 Å². The van der Waals surface area contributed by atoms with Crippen molar-refractivity contribution < 1.29 is 4.79 Å². The van der Waals surface area contributed by atoms with Crippen molar-refractivity contribution >= 4 is 21.8 Å². The van der Waals surface area contributed by atoms with E-state index >= 15 is 0 Å². The zero-order valence-corrected chi connectivity index (χ0v) is 14.4.